The van der Waals surface area contributed by atoms with Gasteiger partial charge in [0.2, 0.25) is 0 Å². The van der Waals surface area contributed by atoms with Crippen molar-refractivity contribution in [1.82, 2.24) is 0 Å². The molecular formula is C15H23NS2Sn2. The van der Waals surface area contributed by atoms with Gasteiger partial charge < -0.3 is 0 Å². The Morgan fingerprint density at radius 1 is 0.800 bits per heavy atom. The van der Waals surface area contributed by atoms with Crippen LogP contribution in [0.25, 0.3) is 0 Å². The van der Waals surface area contributed by atoms with Crippen molar-refractivity contribution >= 4 is 76.4 Å². The van der Waals surface area contributed by atoms with Crippen molar-refractivity contribution < 1.29 is 0 Å². The first-order valence-corrected chi connectivity index (χ1v) is 28.5. The van der Waals surface area contributed by atoms with Gasteiger partial charge in [-0.05, 0) is 0 Å². The van der Waals surface area contributed by atoms with Crippen LogP contribution in [0.15, 0.2) is 29.3 Å². The molecule has 0 saturated carbocycles. The standard InChI is InChI=1S/C9H5NS2.6CH3.2Sn/c1-3-8(11-5-1)7-10-9-4-2-6-12-9;;;;;;;;/h1-4,7H;6*1H3;;/b10-7+;;;;;;;;. The van der Waals surface area contributed by atoms with Gasteiger partial charge in [-0.25, -0.2) is 0 Å². The van der Waals surface area contributed by atoms with E-state index in [2.05, 4.69) is 58.9 Å². The molecule has 2 heterocycles. The second kappa shape index (κ2) is 6.42. The Kier molecular flexibility index (Phi) is 5.47. The van der Waals surface area contributed by atoms with Crippen LogP contribution in [0, 0.1) is 0 Å². The van der Waals surface area contributed by atoms with E-state index < -0.39 is 36.8 Å². The normalized spacial score (nSPS) is 13.3. The van der Waals surface area contributed by atoms with Gasteiger partial charge in [-0.1, -0.05) is 0 Å². The minimum atomic E-state index is -1.90. The summed E-state index contributed by atoms with van der Waals surface area (Å²) in [6, 6.07) is 9.01. The van der Waals surface area contributed by atoms with Gasteiger partial charge in [0.05, 0.1) is 0 Å². The van der Waals surface area contributed by atoms with E-state index in [1.54, 1.807) is 5.79 Å². The van der Waals surface area contributed by atoms with Gasteiger partial charge in [-0.15, -0.1) is 0 Å². The van der Waals surface area contributed by atoms with E-state index in [1.165, 1.54) is 4.88 Å². The molecule has 0 amide bonds. The average molecular weight is 519 g/mol. The molecule has 0 spiro atoms. The monoisotopic (exact) mass is 521 g/mol. The zero-order chi connectivity index (χ0) is 15.0. The average Bonchev–Trinajstić information content (AvgIpc) is 2.94. The number of nitrogens with zero attached hydrogens (tertiary/aromatic N) is 1. The third kappa shape index (κ3) is 4.58. The second-order valence-corrected chi connectivity index (χ2v) is 40.1. The maximum atomic E-state index is 4.67. The molecule has 0 N–H and O–H groups in total. The molecule has 0 aliphatic heterocycles. The van der Waals surface area contributed by atoms with Crippen molar-refractivity contribution in [3.63, 3.8) is 0 Å². The molecule has 2 aromatic heterocycles. The van der Waals surface area contributed by atoms with Crippen molar-refractivity contribution in [2.45, 2.75) is 29.6 Å². The van der Waals surface area contributed by atoms with E-state index in [0.29, 0.717) is 0 Å². The van der Waals surface area contributed by atoms with Crippen LogP contribution in [-0.2, 0) is 0 Å². The Balaban J connectivity index is 2.14. The van der Waals surface area contributed by atoms with Crippen LogP contribution in [0.2, 0.25) is 29.6 Å². The summed E-state index contributed by atoms with van der Waals surface area (Å²) >= 11 is 0.0211. The van der Waals surface area contributed by atoms with E-state index in [9.17, 15) is 0 Å². The molecule has 0 aliphatic rings. The minimum absolute atomic E-state index is 1.15. The summed E-state index contributed by atoms with van der Waals surface area (Å²) in [5, 5.41) is 1.15. The molecule has 20 heavy (non-hydrogen) atoms. The maximum absolute atomic E-state index is 4.67. The summed E-state index contributed by atoms with van der Waals surface area (Å²) in [7, 11) is 0. The van der Waals surface area contributed by atoms with Gasteiger partial charge in [0, 0.05) is 0 Å². The van der Waals surface area contributed by atoms with Gasteiger partial charge in [0.25, 0.3) is 0 Å². The van der Waals surface area contributed by atoms with Gasteiger partial charge in [-0.3, -0.25) is 0 Å². The first kappa shape index (κ1) is 17.0. The molecule has 0 radical (unpaired) electrons. The first-order valence-electron chi connectivity index (χ1n) is 6.91. The van der Waals surface area contributed by atoms with Crippen LogP contribution in [0.1, 0.15) is 4.88 Å². The molecule has 0 aromatic carbocycles. The van der Waals surface area contributed by atoms with Crippen molar-refractivity contribution in [2.75, 3.05) is 0 Å². The fourth-order valence-corrected chi connectivity index (χ4v) is 14.1. The predicted octanol–water partition coefficient (Wildman–Crippen LogP) is 4.65. The summed E-state index contributed by atoms with van der Waals surface area (Å²) in [4.78, 5) is 20.7. The van der Waals surface area contributed by atoms with Crippen LogP contribution in [0.5, 0.6) is 0 Å². The van der Waals surface area contributed by atoms with Crippen molar-refractivity contribution in [3.8, 4) is 0 Å². The zero-order valence-electron chi connectivity index (χ0n) is 13.2. The van der Waals surface area contributed by atoms with Gasteiger partial charge in [0.15, 0.2) is 0 Å². The Labute approximate surface area is 138 Å². The summed E-state index contributed by atoms with van der Waals surface area (Å²) in [5.74, 6) is 0. The molecule has 2 aromatic rings. The third-order valence-electron chi connectivity index (χ3n) is 3.02. The fourth-order valence-electron chi connectivity index (χ4n) is 1.75. The van der Waals surface area contributed by atoms with Gasteiger partial charge in [0.1, 0.15) is 0 Å². The molecule has 0 bridgehead atoms. The number of aliphatic imine (C=N–C) groups is 1. The van der Waals surface area contributed by atoms with E-state index in [1.807, 2.05) is 28.9 Å². The van der Waals surface area contributed by atoms with Crippen LogP contribution < -0.4 is 5.79 Å². The Hall–Kier alpha value is 0.667. The van der Waals surface area contributed by atoms with Crippen LogP contribution in [-0.4, -0.2) is 43.0 Å². The van der Waals surface area contributed by atoms with Crippen molar-refractivity contribution in [3.05, 3.63) is 29.1 Å². The van der Waals surface area contributed by atoms with Crippen molar-refractivity contribution in [1.29, 1.82) is 0 Å². The first-order chi connectivity index (χ1) is 9.16. The molecule has 108 valence electrons. The summed E-state index contributed by atoms with van der Waals surface area (Å²) < 4.78 is 3.22. The molecule has 1 nitrogen and oxygen atoms in total. The Morgan fingerprint density at radius 3 is 1.85 bits per heavy atom. The van der Waals surface area contributed by atoms with Gasteiger partial charge in [-0.2, -0.15) is 0 Å². The third-order valence-corrected chi connectivity index (χ3v) is 24.0. The molecule has 0 fully saturated rings. The SMILES string of the molecule is [CH3][Sn]([CH3])([CH3])[c]1ccc(/C=N/c2cc[c]([Sn]([CH3])([CH3])[CH3])s2)s1. The molecular weight excluding hydrogens is 496 g/mol. The van der Waals surface area contributed by atoms with E-state index in [4.69, 9.17) is 0 Å². The van der Waals surface area contributed by atoms with E-state index in [0.717, 1.165) is 5.00 Å². The second-order valence-electron chi connectivity index (χ2n) is 7.10. The van der Waals surface area contributed by atoms with Crippen molar-refractivity contribution in [2.24, 2.45) is 4.99 Å². The Morgan fingerprint density at radius 2 is 1.35 bits per heavy atom. The van der Waals surface area contributed by atoms with Crippen LogP contribution >= 0.6 is 22.7 Å². The number of rotatable bonds is 4. The fraction of sp³-hybridized carbons (Fsp3) is 0.400. The summed E-state index contributed by atoms with van der Waals surface area (Å²) in [6.45, 7) is 0. The Bertz CT molecular complexity index is 558. The molecule has 0 aliphatic carbocycles. The van der Waals surface area contributed by atoms with Crippen LogP contribution in [0.3, 0.4) is 0 Å². The molecule has 0 unspecified atom stereocenters. The predicted molar refractivity (Wildman–Crippen MR) is 102 cm³/mol. The molecule has 2 rings (SSSR count). The number of hydrogen-bond acceptors (Lipinski definition) is 3. The topological polar surface area (TPSA) is 12.4 Å². The van der Waals surface area contributed by atoms with Gasteiger partial charge >= 0.3 is 140 Å². The van der Waals surface area contributed by atoms with E-state index in [-0.39, 0.29) is 0 Å². The zero-order valence-corrected chi connectivity index (χ0v) is 20.5. The van der Waals surface area contributed by atoms with E-state index >= 15 is 0 Å². The molecule has 0 atom stereocenters. The number of thiophene rings is 2. The summed E-state index contributed by atoms with van der Waals surface area (Å²) in [5.41, 5.74) is 0. The van der Waals surface area contributed by atoms with Crippen LogP contribution in [0.4, 0.5) is 5.00 Å². The number of hydrogen-bond donors (Lipinski definition) is 0. The molecule has 0 saturated heterocycles. The summed E-state index contributed by atoms with van der Waals surface area (Å²) in [6.07, 6.45) is 2.04. The quantitative estimate of drug-likeness (QED) is 0.413. The molecule has 5 heteroatoms.